The van der Waals surface area contributed by atoms with Crippen LogP contribution in [0.2, 0.25) is 0 Å². The van der Waals surface area contributed by atoms with Crippen LogP contribution in [0.15, 0.2) is 83.8 Å². The normalized spacial score (nSPS) is 12.0. The van der Waals surface area contributed by atoms with Gasteiger partial charge in [0.25, 0.3) is 10.0 Å². The summed E-state index contributed by atoms with van der Waals surface area (Å²) in [6.45, 7) is 10.2. The molecular weight excluding hydrogens is 538 g/mol. The Morgan fingerprint density at radius 2 is 1.54 bits per heavy atom. The van der Waals surface area contributed by atoms with E-state index in [1.54, 1.807) is 36.4 Å². The average molecular weight is 580 g/mol. The van der Waals surface area contributed by atoms with Gasteiger partial charge < -0.3 is 15.0 Å². The average Bonchev–Trinajstić information content (AvgIpc) is 2.96. The highest BCUT2D eigenvalue weighted by Crippen LogP contribution is 2.27. The van der Waals surface area contributed by atoms with Crippen molar-refractivity contribution in [3.63, 3.8) is 0 Å². The minimum Gasteiger partial charge on any atom is -0.494 e. The van der Waals surface area contributed by atoms with E-state index in [1.807, 2.05) is 65.0 Å². The van der Waals surface area contributed by atoms with Crippen molar-refractivity contribution in [1.29, 1.82) is 0 Å². The molecule has 8 nitrogen and oxygen atoms in total. The zero-order valence-electron chi connectivity index (χ0n) is 24.5. The van der Waals surface area contributed by atoms with Gasteiger partial charge in [0.05, 0.1) is 17.2 Å². The first-order valence-corrected chi connectivity index (χ1v) is 15.4. The van der Waals surface area contributed by atoms with Crippen LogP contribution in [-0.2, 0) is 26.2 Å². The van der Waals surface area contributed by atoms with Crippen molar-refractivity contribution < 1.29 is 22.7 Å². The standard InChI is InChI=1S/C32H41N3O5S/c1-6-30(32(37)33-21-24(3)4)34(22-26-11-9-8-10-12-26)31(36)23-35(27-15-17-28(18-16-27)40-7-2)41(38,39)29-19-13-25(5)14-20-29/h8-20,24,30H,6-7,21-23H2,1-5H3,(H,33,37)/t30-/m0/s1. The lowest BCUT2D eigenvalue weighted by Crippen LogP contribution is -2.52. The van der Waals surface area contributed by atoms with E-state index in [1.165, 1.54) is 17.0 Å². The number of rotatable bonds is 14. The Morgan fingerprint density at radius 1 is 0.902 bits per heavy atom. The third-order valence-corrected chi connectivity index (χ3v) is 8.38. The molecule has 3 aromatic carbocycles. The molecule has 0 unspecified atom stereocenters. The molecule has 9 heteroatoms. The summed E-state index contributed by atoms with van der Waals surface area (Å²) in [7, 11) is -4.13. The van der Waals surface area contributed by atoms with Gasteiger partial charge in [-0.3, -0.25) is 13.9 Å². The molecule has 1 atom stereocenters. The predicted molar refractivity (Wildman–Crippen MR) is 162 cm³/mol. The summed E-state index contributed by atoms with van der Waals surface area (Å²) < 4.78 is 34.6. The second-order valence-electron chi connectivity index (χ2n) is 10.3. The van der Waals surface area contributed by atoms with Crippen LogP contribution in [0.3, 0.4) is 0 Å². The number of carbonyl (C=O) groups excluding carboxylic acids is 2. The predicted octanol–water partition coefficient (Wildman–Crippen LogP) is 5.17. The summed E-state index contributed by atoms with van der Waals surface area (Å²) in [5, 5.41) is 2.94. The van der Waals surface area contributed by atoms with Gasteiger partial charge in [-0.05, 0) is 68.1 Å². The van der Waals surface area contributed by atoms with Gasteiger partial charge in [-0.25, -0.2) is 8.42 Å². The highest BCUT2D eigenvalue weighted by molar-refractivity contribution is 7.92. The molecule has 3 aromatic rings. The van der Waals surface area contributed by atoms with Crippen molar-refractivity contribution in [3.05, 3.63) is 90.0 Å². The Labute approximate surface area is 244 Å². The Balaban J connectivity index is 2.03. The van der Waals surface area contributed by atoms with Crippen LogP contribution >= 0.6 is 0 Å². The molecule has 0 aliphatic rings. The number of hydrogen-bond acceptors (Lipinski definition) is 5. The first-order chi connectivity index (χ1) is 19.6. The van der Waals surface area contributed by atoms with Crippen molar-refractivity contribution in [1.82, 2.24) is 10.2 Å². The van der Waals surface area contributed by atoms with E-state index in [9.17, 15) is 18.0 Å². The fourth-order valence-electron chi connectivity index (χ4n) is 4.36. The number of sulfonamides is 1. The maximum Gasteiger partial charge on any atom is 0.264 e. The summed E-state index contributed by atoms with van der Waals surface area (Å²) in [5.41, 5.74) is 2.07. The van der Waals surface area contributed by atoms with E-state index < -0.39 is 28.5 Å². The number of anilines is 1. The molecule has 0 bridgehead atoms. The summed E-state index contributed by atoms with van der Waals surface area (Å²) in [6, 6.07) is 21.7. The maximum atomic E-state index is 14.1. The Morgan fingerprint density at radius 3 is 2.10 bits per heavy atom. The van der Waals surface area contributed by atoms with Gasteiger partial charge in [0.1, 0.15) is 18.3 Å². The molecule has 220 valence electrons. The molecule has 0 spiro atoms. The molecule has 3 rings (SSSR count). The van der Waals surface area contributed by atoms with E-state index >= 15 is 0 Å². The van der Waals surface area contributed by atoms with Gasteiger partial charge >= 0.3 is 0 Å². The molecule has 0 saturated carbocycles. The van der Waals surface area contributed by atoms with Crippen molar-refractivity contribution in [3.8, 4) is 5.75 Å². The van der Waals surface area contributed by atoms with Crippen LogP contribution in [0, 0.1) is 12.8 Å². The van der Waals surface area contributed by atoms with E-state index in [0.29, 0.717) is 31.0 Å². The van der Waals surface area contributed by atoms with Crippen LogP contribution in [0.5, 0.6) is 5.75 Å². The summed E-state index contributed by atoms with van der Waals surface area (Å²) >= 11 is 0. The monoisotopic (exact) mass is 579 g/mol. The number of hydrogen-bond donors (Lipinski definition) is 1. The second-order valence-corrected chi connectivity index (χ2v) is 12.2. The molecule has 2 amide bonds. The van der Waals surface area contributed by atoms with Gasteiger partial charge in [-0.15, -0.1) is 0 Å². The number of aryl methyl sites for hydroxylation is 1. The SMILES string of the molecule is CCOc1ccc(N(CC(=O)N(Cc2ccccc2)[C@@H](CC)C(=O)NCC(C)C)S(=O)(=O)c2ccc(C)cc2)cc1. The lowest BCUT2D eigenvalue weighted by atomic mass is 10.1. The quantitative estimate of drug-likeness (QED) is 0.284. The minimum atomic E-state index is -4.13. The zero-order valence-corrected chi connectivity index (χ0v) is 25.4. The number of nitrogens with one attached hydrogen (secondary N) is 1. The van der Waals surface area contributed by atoms with E-state index in [0.717, 1.165) is 15.4 Å². The molecule has 0 radical (unpaired) electrons. The molecule has 0 saturated heterocycles. The lowest BCUT2D eigenvalue weighted by molar-refractivity contribution is -0.140. The largest absolute Gasteiger partial charge is 0.494 e. The third-order valence-electron chi connectivity index (χ3n) is 6.59. The van der Waals surface area contributed by atoms with Crippen molar-refractivity contribution >= 4 is 27.5 Å². The van der Waals surface area contributed by atoms with Crippen molar-refractivity contribution in [2.24, 2.45) is 5.92 Å². The lowest BCUT2D eigenvalue weighted by Gasteiger charge is -2.33. The number of benzene rings is 3. The van der Waals surface area contributed by atoms with E-state index in [-0.39, 0.29) is 23.3 Å². The highest BCUT2D eigenvalue weighted by Gasteiger charge is 2.33. The minimum absolute atomic E-state index is 0.0705. The number of ether oxygens (including phenoxy) is 1. The van der Waals surface area contributed by atoms with Gasteiger partial charge in [0.2, 0.25) is 11.8 Å². The Bertz CT molecular complexity index is 1380. The molecule has 0 aliphatic carbocycles. The fourth-order valence-corrected chi connectivity index (χ4v) is 5.78. The topological polar surface area (TPSA) is 96.0 Å². The first-order valence-electron chi connectivity index (χ1n) is 14.0. The first kappa shape index (κ1) is 31.7. The van der Waals surface area contributed by atoms with Crippen molar-refractivity contribution in [2.75, 3.05) is 24.0 Å². The van der Waals surface area contributed by atoms with Crippen LogP contribution in [-0.4, -0.2) is 50.9 Å². The molecular formula is C32H41N3O5S. The van der Waals surface area contributed by atoms with Gasteiger partial charge in [0, 0.05) is 13.1 Å². The van der Waals surface area contributed by atoms with Crippen LogP contribution < -0.4 is 14.4 Å². The summed E-state index contributed by atoms with van der Waals surface area (Å²) in [4.78, 5) is 28.9. The Kier molecular flexibility index (Phi) is 11.3. The fraction of sp³-hybridized carbons (Fsp3) is 0.375. The van der Waals surface area contributed by atoms with Crippen molar-refractivity contribution in [2.45, 2.75) is 58.5 Å². The maximum absolute atomic E-state index is 14.1. The smallest absolute Gasteiger partial charge is 0.264 e. The van der Waals surface area contributed by atoms with Gasteiger partial charge in [0.15, 0.2) is 0 Å². The summed E-state index contributed by atoms with van der Waals surface area (Å²) in [5.74, 6) is 0.0860. The number of carbonyl (C=O) groups is 2. The third kappa shape index (κ3) is 8.57. The van der Waals surface area contributed by atoms with Crippen LogP contribution in [0.1, 0.15) is 45.2 Å². The molecule has 0 aromatic heterocycles. The zero-order chi connectivity index (χ0) is 30.0. The highest BCUT2D eigenvalue weighted by atomic mass is 32.2. The second kappa shape index (κ2) is 14.7. The summed E-state index contributed by atoms with van der Waals surface area (Å²) in [6.07, 6.45) is 0.371. The van der Waals surface area contributed by atoms with E-state index in [2.05, 4.69) is 5.32 Å². The van der Waals surface area contributed by atoms with Crippen LogP contribution in [0.25, 0.3) is 0 Å². The molecule has 1 N–H and O–H groups in total. The van der Waals surface area contributed by atoms with E-state index in [4.69, 9.17) is 4.74 Å². The molecule has 0 heterocycles. The van der Waals surface area contributed by atoms with Crippen LogP contribution in [0.4, 0.5) is 5.69 Å². The number of nitrogens with zero attached hydrogens (tertiary/aromatic N) is 2. The Hall–Kier alpha value is -3.85. The van der Waals surface area contributed by atoms with Gasteiger partial charge in [-0.2, -0.15) is 0 Å². The molecule has 41 heavy (non-hydrogen) atoms. The molecule has 0 aliphatic heterocycles. The van der Waals surface area contributed by atoms with Gasteiger partial charge in [-0.1, -0.05) is 68.8 Å². The molecule has 0 fully saturated rings. The number of amides is 2.